The van der Waals surface area contributed by atoms with Crippen LogP contribution in [0, 0.1) is 5.82 Å². The summed E-state index contributed by atoms with van der Waals surface area (Å²) in [6, 6.07) is 9.60. The van der Waals surface area contributed by atoms with Crippen LogP contribution in [0.4, 0.5) is 16.0 Å². The molecule has 19 heavy (non-hydrogen) atoms. The van der Waals surface area contributed by atoms with Crippen LogP contribution < -0.4 is 5.32 Å². The van der Waals surface area contributed by atoms with Gasteiger partial charge in [0.2, 0.25) is 5.95 Å². The lowest BCUT2D eigenvalue weighted by atomic mass is 10.3. The Bertz CT molecular complexity index is 755. The number of aromatic nitrogens is 2. The van der Waals surface area contributed by atoms with Gasteiger partial charge in [-0.1, -0.05) is 29.3 Å². The van der Waals surface area contributed by atoms with Gasteiger partial charge in [-0.05, 0) is 30.3 Å². The molecule has 0 atom stereocenters. The number of halogens is 3. The van der Waals surface area contributed by atoms with Crippen LogP contribution in [0.25, 0.3) is 11.0 Å². The van der Waals surface area contributed by atoms with Gasteiger partial charge >= 0.3 is 0 Å². The number of benzene rings is 2. The second-order valence-electron chi connectivity index (χ2n) is 3.97. The Morgan fingerprint density at radius 3 is 2.84 bits per heavy atom. The van der Waals surface area contributed by atoms with Crippen molar-refractivity contribution in [1.29, 1.82) is 0 Å². The molecule has 1 heterocycles. The molecule has 3 aromatic rings. The van der Waals surface area contributed by atoms with Crippen molar-refractivity contribution < 1.29 is 4.39 Å². The summed E-state index contributed by atoms with van der Waals surface area (Å²) in [5.41, 5.74) is 1.91. The first-order chi connectivity index (χ1) is 9.13. The van der Waals surface area contributed by atoms with Gasteiger partial charge in [0.25, 0.3) is 0 Å². The van der Waals surface area contributed by atoms with Gasteiger partial charge in [0.05, 0.1) is 26.8 Å². The van der Waals surface area contributed by atoms with E-state index in [1.807, 2.05) is 0 Å². The third-order valence-corrected chi connectivity index (χ3v) is 3.47. The monoisotopic (exact) mass is 295 g/mol. The van der Waals surface area contributed by atoms with Gasteiger partial charge in [-0.15, -0.1) is 0 Å². The number of aromatic amines is 1. The summed E-state index contributed by atoms with van der Waals surface area (Å²) in [6.45, 7) is 0. The fourth-order valence-corrected chi connectivity index (χ4v) is 2.12. The normalized spacial score (nSPS) is 10.9. The lowest BCUT2D eigenvalue weighted by molar-refractivity contribution is 0.629. The molecule has 0 aliphatic heterocycles. The molecule has 2 N–H and O–H groups in total. The highest BCUT2D eigenvalue weighted by atomic mass is 35.5. The molecule has 0 fully saturated rings. The molecular formula is C13H8Cl2FN3. The van der Waals surface area contributed by atoms with Crippen molar-refractivity contribution in [1.82, 2.24) is 9.97 Å². The van der Waals surface area contributed by atoms with E-state index in [1.165, 1.54) is 12.1 Å². The van der Waals surface area contributed by atoms with Gasteiger partial charge in [0.15, 0.2) is 0 Å². The largest absolute Gasteiger partial charge is 0.324 e. The van der Waals surface area contributed by atoms with Gasteiger partial charge in [0, 0.05) is 0 Å². The van der Waals surface area contributed by atoms with Crippen LogP contribution in [0.2, 0.25) is 10.0 Å². The maximum atomic E-state index is 13.1. The standard InChI is InChI=1S/C13H8Cl2FN3/c14-8-2-1-3-10(12(8)15)18-13-17-9-5-4-7(16)6-11(9)19-13/h1-6H,(H2,17,18,19). The summed E-state index contributed by atoms with van der Waals surface area (Å²) < 4.78 is 13.1. The molecule has 0 spiro atoms. The van der Waals surface area contributed by atoms with E-state index in [0.717, 1.165) is 0 Å². The number of imidazole rings is 1. The molecule has 0 saturated carbocycles. The molecule has 6 heteroatoms. The molecule has 3 nitrogen and oxygen atoms in total. The Morgan fingerprint density at radius 2 is 2.00 bits per heavy atom. The van der Waals surface area contributed by atoms with E-state index >= 15 is 0 Å². The lowest BCUT2D eigenvalue weighted by Gasteiger charge is -2.05. The molecule has 0 aliphatic rings. The van der Waals surface area contributed by atoms with Gasteiger partial charge < -0.3 is 10.3 Å². The minimum absolute atomic E-state index is 0.316. The summed E-state index contributed by atoms with van der Waals surface area (Å²) in [7, 11) is 0. The average molecular weight is 296 g/mol. The van der Waals surface area contributed by atoms with Crippen LogP contribution in [0.5, 0.6) is 0 Å². The fraction of sp³-hybridized carbons (Fsp3) is 0. The quantitative estimate of drug-likeness (QED) is 0.716. The van der Waals surface area contributed by atoms with E-state index in [2.05, 4.69) is 15.3 Å². The van der Waals surface area contributed by atoms with E-state index in [0.29, 0.717) is 32.7 Å². The second kappa shape index (κ2) is 4.72. The molecule has 0 amide bonds. The molecule has 0 radical (unpaired) electrons. The Hall–Kier alpha value is -1.78. The highest BCUT2D eigenvalue weighted by molar-refractivity contribution is 6.43. The highest BCUT2D eigenvalue weighted by Crippen LogP contribution is 2.31. The van der Waals surface area contributed by atoms with E-state index in [1.54, 1.807) is 24.3 Å². The van der Waals surface area contributed by atoms with E-state index in [-0.39, 0.29) is 5.82 Å². The van der Waals surface area contributed by atoms with Crippen LogP contribution in [-0.2, 0) is 0 Å². The first-order valence-electron chi connectivity index (χ1n) is 5.50. The summed E-state index contributed by atoms with van der Waals surface area (Å²) in [4.78, 5) is 7.25. The van der Waals surface area contributed by atoms with Crippen molar-refractivity contribution in [3.63, 3.8) is 0 Å². The van der Waals surface area contributed by atoms with Crippen LogP contribution in [0.1, 0.15) is 0 Å². The maximum Gasteiger partial charge on any atom is 0.205 e. The number of H-pyrrole nitrogens is 1. The van der Waals surface area contributed by atoms with E-state index in [4.69, 9.17) is 23.2 Å². The number of hydrogen-bond acceptors (Lipinski definition) is 2. The van der Waals surface area contributed by atoms with E-state index in [9.17, 15) is 4.39 Å². The molecule has 2 aromatic carbocycles. The minimum atomic E-state index is -0.316. The summed E-state index contributed by atoms with van der Waals surface area (Å²) >= 11 is 12.0. The predicted octanol–water partition coefficient (Wildman–Crippen LogP) is 4.75. The van der Waals surface area contributed by atoms with Crippen LogP contribution in [-0.4, -0.2) is 9.97 Å². The zero-order chi connectivity index (χ0) is 13.4. The van der Waals surface area contributed by atoms with Gasteiger partial charge in [-0.2, -0.15) is 0 Å². The number of nitrogens with one attached hydrogen (secondary N) is 2. The number of anilines is 2. The Kier molecular flexibility index (Phi) is 3.05. The predicted molar refractivity (Wildman–Crippen MR) is 75.8 cm³/mol. The van der Waals surface area contributed by atoms with Crippen LogP contribution >= 0.6 is 23.2 Å². The average Bonchev–Trinajstić information content (AvgIpc) is 2.76. The summed E-state index contributed by atoms with van der Waals surface area (Å²) in [5, 5.41) is 3.88. The van der Waals surface area contributed by atoms with E-state index < -0.39 is 0 Å². The Morgan fingerprint density at radius 1 is 1.16 bits per heavy atom. The zero-order valence-electron chi connectivity index (χ0n) is 9.55. The smallest absolute Gasteiger partial charge is 0.205 e. The summed E-state index contributed by atoms with van der Waals surface area (Å²) in [5.74, 6) is 0.160. The zero-order valence-corrected chi connectivity index (χ0v) is 11.1. The molecule has 0 aliphatic carbocycles. The maximum absolute atomic E-state index is 13.1. The van der Waals surface area contributed by atoms with Crippen molar-refractivity contribution in [3.8, 4) is 0 Å². The molecular weight excluding hydrogens is 288 g/mol. The van der Waals surface area contributed by atoms with Crippen molar-refractivity contribution in [2.45, 2.75) is 0 Å². The second-order valence-corrected chi connectivity index (χ2v) is 4.76. The minimum Gasteiger partial charge on any atom is -0.324 e. The van der Waals surface area contributed by atoms with Crippen molar-refractivity contribution >= 4 is 45.9 Å². The van der Waals surface area contributed by atoms with Crippen LogP contribution in [0.3, 0.4) is 0 Å². The third-order valence-electron chi connectivity index (χ3n) is 2.65. The fourth-order valence-electron chi connectivity index (χ4n) is 1.77. The van der Waals surface area contributed by atoms with Crippen molar-refractivity contribution in [2.24, 2.45) is 0 Å². The summed E-state index contributed by atoms with van der Waals surface area (Å²) in [6.07, 6.45) is 0. The van der Waals surface area contributed by atoms with Gasteiger partial charge in [0.1, 0.15) is 5.82 Å². The third kappa shape index (κ3) is 2.37. The first kappa shape index (κ1) is 12.3. The van der Waals surface area contributed by atoms with Gasteiger partial charge in [-0.25, -0.2) is 9.37 Å². The number of nitrogens with zero attached hydrogens (tertiary/aromatic N) is 1. The lowest BCUT2D eigenvalue weighted by Crippen LogP contribution is -1.93. The highest BCUT2D eigenvalue weighted by Gasteiger charge is 2.08. The number of rotatable bonds is 2. The first-order valence-corrected chi connectivity index (χ1v) is 6.25. The SMILES string of the molecule is Fc1ccc2nc(Nc3cccc(Cl)c3Cl)[nH]c2c1. The topological polar surface area (TPSA) is 40.7 Å². The number of fused-ring (bicyclic) bond motifs is 1. The molecule has 3 rings (SSSR count). The molecule has 0 saturated heterocycles. The number of hydrogen-bond donors (Lipinski definition) is 2. The molecule has 0 bridgehead atoms. The molecule has 96 valence electrons. The molecule has 0 unspecified atom stereocenters. The molecule has 1 aromatic heterocycles. The Balaban J connectivity index is 1.99. The Labute approximate surface area is 118 Å². The van der Waals surface area contributed by atoms with Crippen LogP contribution in [0.15, 0.2) is 36.4 Å². The van der Waals surface area contributed by atoms with Crippen molar-refractivity contribution in [3.05, 3.63) is 52.3 Å². The van der Waals surface area contributed by atoms with Crippen molar-refractivity contribution in [2.75, 3.05) is 5.32 Å². The van der Waals surface area contributed by atoms with Gasteiger partial charge in [-0.3, -0.25) is 0 Å².